The van der Waals surface area contributed by atoms with Crippen molar-refractivity contribution in [1.82, 2.24) is 4.57 Å². The second-order valence-electron chi connectivity index (χ2n) is 9.37. The molecular formula is C27H28N2O4S2. The molecule has 8 heteroatoms. The summed E-state index contributed by atoms with van der Waals surface area (Å²) in [7, 11) is -2.63. The van der Waals surface area contributed by atoms with Crippen LogP contribution in [0.5, 0.6) is 0 Å². The highest BCUT2D eigenvalue weighted by Crippen LogP contribution is 2.29. The zero-order valence-electron chi connectivity index (χ0n) is 20.4. The van der Waals surface area contributed by atoms with Gasteiger partial charge in [0.05, 0.1) is 24.1 Å². The van der Waals surface area contributed by atoms with Crippen LogP contribution in [0.15, 0.2) is 76.0 Å². The number of ether oxygens (including phenoxy) is 1. The van der Waals surface area contributed by atoms with Crippen molar-refractivity contribution in [3.05, 3.63) is 93.2 Å². The number of aromatic nitrogens is 1. The number of methoxy groups -OCH3 is 1. The highest BCUT2D eigenvalue weighted by molar-refractivity contribution is 7.90. The lowest BCUT2D eigenvalue weighted by Gasteiger charge is -2.17. The number of esters is 1. The Morgan fingerprint density at radius 1 is 1.00 bits per heavy atom. The molecule has 0 aliphatic heterocycles. The SMILES string of the molecule is COC(=O)c1ccc(Cn2c(C)c(C(C)(C)C)s/c2=N\S(=O)(=O)c2cccc3ccccc23)cc1. The molecule has 4 rings (SSSR count). The summed E-state index contributed by atoms with van der Waals surface area (Å²) in [6.45, 7) is 8.71. The van der Waals surface area contributed by atoms with Crippen molar-refractivity contribution in [3.63, 3.8) is 0 Å². The number of carbonyl (C=O) groups is 1. The monoisotopic (exact) mass is 508 g/mol. The van der Waals surface area contributed by atoms with E-state index in [0.717, 1.165) is 21.5 Å². The van der Waals surface area contributed by atoms with Crippen molar-refractivity contribution in [1.29, 1.82) is 0 Å². The molecule has 0 radical (unpaired) electrons. The van der Waals surface area contributed by atoms with Crippen molar-refractivity contribution < 1.29 is 17.9 Å². The Hall–Kier alpha value is -3.23. The number of sulfonamides is 1. The molecule has 0 N–H and O–H groups in total. The van der Waals surface area contributed by atoms with Gasteiger partial charge < -0.3 is 9.30 Å². The first-order valence-corrected chi connectivity index (χ1v) is 13.4. The number of rotatable bonds is 5. The highest BCUT2D eigenvalue weighted by Gasteiger charge is 2.24. The minimum atomic E-state index is -3.97. The van der Waals surface area contributed by atoms with E-state index in [1.165, 1.54) is 18.4 Å². The van der Waals surface area contributed by atoms with E-state index in [1.54, 1.807) is 30.3 Å². The van der Waals surface area contributed by atoms with Gasteiger partial charge in [-0.15, -0.1) is 15.7 Å². The molecule has 3 aromatic carbocycles. The molecule has 182 valence electrons. The number of hydrogen-bond acceptors (Lipinski definition) is 5. The van der Waals surface area contributed by atoms with E-state index in [4.69, 9.17) is 4.74 Å². The van der Waals surface area contributed by atoms with Gasteiger partial charge in [-0.2, -0.15) is 8.42 Å². The van der Waals surface area contributed by atoms with E-state index in [-0.39, 0.29) is 10.3 Å². The minimum Gasteiger partial charge on any atom is -0.465 e. The van der Waals surface area contributed by atoms with E-state index in [9.17, 15) is 13.2 Å². The molecular weight excluding hydrogens is 480 g/mol. The summed E-state index contributed by atoms with van der Waals surface area (Å²) in [5, 5.41) is 1.49. The average molecular weight is 509 g/mol. The third-order valence-electron chi connectivity index (χ3n) is 5.78. The topological polar surface area (TPSA) is 77.7 Å². The Bertz CT molecular complexity index is 1570. The first-order valence-electron chi connectivity index (χ1n) is 11.2. The first-order chi connectivity index (χ1) is 16.5. The molecule has 4 aromatic rings. The van der Waals surface area contributed by atoms with Crippen LogP contribution in [-0.2, 0) is 26.7 Å². The van der Waals surface area contributed by atoms with Crippen LogP contribution < -0.4 is 4.80 Å². The van der Waals surface area contributed by atoms with Gasteiger partial charge in [-0.3, -0.25) is 0 Å². The predicted molar refractivity (Wildman–Crippen MR) is 139 cm³/mol. The van der Waals surface area contributed by atoms with Crippen molar-refractivity contribution in [3.8, 4) is 0 Å². The van der Waals surface area contributed by atoms with Gasteiger partial charge in [0.2, 0.25) is 4.80 Å². The smallest absolute Gasteiger partial charge is 0.337 e. The molecule has 0 unspecified atom stereocenters. The molecule has 35 heavy (non-hydrogen) atoms. The maximum absolute atomic E-state index is 13.5. The molecule has 0 atom stereocenters. The van der Waals surface area contributed by atoms with Gasteiger partial charge in [0.25, 0.3) is 10.0 Å². The molecule has 1 heterocycles. The average Bonchev–Trinajstić information content (AvgIpc) is 3.13. The van der Waals surface area contributed by atoms with Gasteiger partial charge in [0.1, 0.15) is 0 Å². The van der Waals surface area contributed by atoms with Crippen molar-refractivity contribution in [2.75, 3.05) is 7.11 Å². The number of benzene rings is 3. The van der Waals surface area contributed by atoms with Crippen LogP contribution in [0.4, 0.5) is 0 Å². The maximum Gasteiger partial charge on any atom is 0.337 e. The van der Waals surface area contributed by atoms with Crippen molar-refractivity contribution in [2.45, 2.75) is 44.6 Å². The van der Waals surface area contributed by atoms with Gasteiger partial charge in [-0.25, -0.2) is 4.79 Å². The van der Waals surface area contributed by atoms with Crippen molar-refractivity contribution >= 4 is 38.1 Å². The van der Waals surface area contributed by atoms with Gasteiger partial charge in [-0.05, 0) is 41.5 Å². The van der Waals surface area contributed by atoms with E-state index >= 15 is 0 Å². The van der Waals surface area contributed by atoms with Crippen LogP contribution in [0, 0.1) is 6.92 Å². The Kier molecular flexibility index (Phi) is 6.71. The molecule has 1 aromatic heterocycles. The summed E-state index contributed by atoms with van der Waals surface area (Å²) < 4.78 is 38.1. The van der Waals surface area contributed by atoms with Crippen LogP contribution >= 0.6 is 11.3 Å². The summed E-state index contributed by atoms with van der Waals surface area (Å²) in [6.07, 6.45) is 0. The lowest BCUT2D eigenvalue weighted by Crippen LogP contribution is -2.20. The van der Waals surface area contributed by atoms with Crippen LogP contribution in [0.25, 0.3) is 10.8 Å². The fourth-order valence-corrected chi connectivity index (χ4v) is 6.67. The fourth-order valence-electron chi connectivity index (χ4n) is 4.06. The lowest BCUT2D eigenvalue weighted by atomic mass is 9.93. The largest absolute Gasteiger partial charge is 0.465 e. The first kappa shape index (κ1) is 24.9. The Labute approximate surface area is 209 Å². The Balaban J connectivity index is 1.86. The summed E-state index contributed by atoms with van der Waals surface area (Å²) >= 11 is 1.39. The van der Waals surface area contributed by atoms with E-state index in [2.05, 4.69) is 25.2 Å². The molecule has 0 saturated carbocycles. The van der Waals surface area contributed by atoms with Gasteiger partial charge in [0.15, 0.2) is 0 Å². The van der Waals surface area contributed by atoms with Crippen LogP contribution in [-0.4, -0.2) is 26.1 Å². The fraction of sp³-hybridized carbons (Fsp3) is 0.259. The van der Waals surface area contributed by atoms with Crippen molar-refractivity contribution in [2.24, 2.45) is 4.40 Å². The molecule has 0 aliphatic rings. The van der Waals surface area contributed by atoms with E-state index < -0.39 is 16.0 Å². The summed E-state index contributed by atoms with van der Waals surface area (Å²) in [5.41, 5.74) is 2.17. The normalized spacial score (nSPS) is 12.8. The zero-order chi connectivity index (χ0) is 25.4. The maximum atomic E-state index is 13.5. The molecule has 0 bridgehead atoms. The predicted octanol–water partition coefficient (Wildman–Crippen LogP) is 5.43. The number of nitrogens with zero attached hydrogens (tertiary/aromatic N) is 2. The second kappa shape index (κ2) is 9.43. The number of thiazole rings is 1. The minimum absolute atomic E-state index is 0.178. The molecule has 0 fully saturated rings. The molecule has 0 saturated heterocycles. The number of carbonyl (C=O) groups excluding carboxylic acids is 1. The molecule has 6 nitrogen and oxygen atoms in total. The van der Waals surface area contributed by atoms with E-state index in [1.807, 2.05) is 47.9 Å². The summed E-state index contributed by atoms with van der Waals surface area (Å²) in [5.74, 6) is -0.400. The third kappa shape index (κ3) is 5.09. The molecule has 0 aliphatic carbocycles. The molecule has 0 amide bonds. The lowest BCUT2D eigenvalue weighted by molar-refractivity contribution is 0.0600. The molecule has 0 spiro atoms. The van der Waals surface area contributed by atoms with Crippen LogP contribution in [0.3, 0.4) is 0 Å². The summed E-state index contributed by atoms with van der Waals surface area (Å²) in [4.78, 5) is 13.4. The third-order valence-corrected chi connectivity index (χ3v) is 8.83. The second-order valence-corrected chi connectivity index (χ2v) is 11.9. The number of hydrogen-bond donors (Lipinski definition) is 0. The zero-order valence-corrected chi connectivity index (χ0v) is 22.0. The highest BCUT2D eigenvalue weighted by atomic mass is 32.2. The van der Waals surface area contributed by atoms with Gasteiger partial charge in [-0.1, -0.05) is 69.3 Å². The van der Waals surface area contributed by atoms with Crippen LogP contribution in [0.1, 0.15) is 47.3 Å². The Morgan fingerprint density at radius 2 is 1.66 bits per heavy atom. The van der Waals surface area contributed by atoms with Gasteiger partial charge in [0, 0.05) is 16.0 Å². The quantitative estimate of drug-likeness (QED) is 0.337. The van der Waals surface area contributed by atoms with E-state index in [0.29, 0.717) is 22.3 Å². The summed E-state index contributed by atoms with van der Waals surface area (Å²) in [6, 6.07) is 19.7. The van der Waals surface area contributed by atoms with Gasteiger partial charge >= 0.3 is 5.97 Å². The standard InChI is InChI=1S/C27H28N2O4S2/c1-18-24(27(2,3)4)34-26(29(18)17-19-13-15-21(16-14-19)25(30)33-5)28-35(31,32)23-12-8-10-20-9-6-7-11-22(20)23/h6-16H,17H2,1-5H3/b28-26-. The Morgan fingerprint density at radius 3 is 2.31 bits per heavy atom. The number of fused-ring (bicyclic) bond motifs is 1. The van der Waals surface area contributed by atoms with Crippen LogP contribution in [0.2, 0.25) is 0 Å².